The number of nitrogens with zero attached hydrogens (tertiary/aromatic N) is 4. The predicted octanol–water partition coefficient (Wildman–Crippen LogP) is 2.53. The summed E-state index contributed by atoms with van der Waals surface area (Å²) in [4.78, 5) is 32.9. The number of aromatic hydroxyl groups is 1. The molecule has 35 heavy (non-hydrogen) atoms. The lowest BCUT2D eigenvalue weighted by Crippen LogP contribution is -2.51. The zero-order valence-corrected chi connectivity index (χ0v) is 19.3. The normalized spacial score (nSPS) is 17.1. The number of phenolic OH excluding ortho intramolecular Hbond substituents is 1. The molecule has 3 heterocycles. The number of urea groups is 1. The molecule has 11 heteroatoms. The molecule has 2 N–H and O–H groups in total. The molecule has 0 saturated carbocycles. The van der Waals surface area contributed by atoms with E-state index in [9.17, 15) is 24.2 Å². The van der Waals surface area contributed by atoms with Crippen LogP contribution in [0.1, 0.15) is 5.56 Å². The van der Waals surface area contributed by atoms with Gasteiger partial charge in [-0.25, -0.2) is 4.39 Å². The predicted molar refractivity (Wildman–Crippen MR) is 126 cm³/mol. The van der Waals surface area contributed by atoms with E-state index < -0.39 is 18.5 Å². The van der Waals surface area contributed by atoms with Crippen LogP contribution < -0.4 is 4.74 Å². The zero-order valence-electron chi connectivity index (χ0n) is 18.5. The second-order valence-electron chi connectivity index (χ2n) is 8.18. The Kier molecular flexibility index (Phi) is 5.78. The average molecular weight is 500 g/mol. The molecule has 180 valence electrons. The van der Waals surface area contributed by atoms with Crippen molar-refractivity contribution >= 4 is 40.8 Å². The smallest absolute Gasteiger partial charge is 0.507 e. The molecule has 3 aliphatic heterocycles. The van der Waals surface area contributed by atoms with Crippen molar-refractivity contribution in [3.63, 3.8) is 0 Å². The van der Waals surface area contributed by atoms with Crippen LogP contribution in [0.4, 0.5) is 14.9 Å². The van der Waals surface area contributed by atoms with Crippen molar-refractivity contribution in [3.8, 4) is 22.6 Å². The maximum Gasteiger partial charge on any atom is 0.547 e. The Hall–Kier alpha value is -3.76. The Morgan fingerprint density at radius 2 is 2.03 bits per heavy atom. The maximum atomic E-state index is 14.8. The number of benzene rings is 2. The van der Waals surface area contributed by atoms with Gasteiger partial charge in [-0.2, -0.15) is 9.37 Å². The van der Waals surface area contributed by atoms with E-state index in [-0.39, 0.29) is 51.6 Å². The second kappa shape index (κ2) is 8.79. The third-order valence-corrected chi connectivity index (χ3v) is 6.55. The number of carbonyl (C=O) groups excluding carboxylic acids is 2. The number of aliphatic hydroxyl groups is 1. The highest BCUT2D eigenvalue weighted by molar-refractivity contribution is 6.35. The molecule has 1 saturated heterocycles. The van der Waals surface area contributed by atoms with Crippen molar-refractivity contribution in [2.75, 3.05) is 39.4 Å². The molecule has 3 amide bonds. The van der Waals surface area contributed by atoms with Crippen molar-refractivity contribution in [1.29, 1.82) is 0 Å². The van der Waals surface area contributed by atoms with E-state index in [1.165, 1.54) is 28.9 Å². The number of piperazine rings is 1. The van der Waals surface area contributed by atoms with Crippen LogP contribution in [0.15, 0.2) is 41.9 Å². The quantitative estimate of drug-likeness (QED) is 0.496. The van der Waals surface area contributed by atoms with Gasteiger partial charge in [-0.15, -0.1) is 0 Å². The summed E-state index contributed by atoms with van der Waals surface area (Å²) < 4.78 is 22.0. The minimum absolute atomic E-state index is 0.0917. The van der Waals surface area contributed by atoms with Gasteiger partial charge in [0.2, 0.25) is 5.91 Å². The first-order chi connectivity index (χ1) is 16.8. The lowest BCUT2D eigenvalue weighted by Gasteiger charge is -2.35. The Bertz CT molecular complexity index is 1330. The van der Waals surface area contributed by atoms with Gasteiger partial charge in [0.25, 0.3) is 5.84 Å². The first kappa shape index (κ1) is 23.0. The van der Waals surface area contributed by atoms with E-state index >= 15 is 0 Å². The van der Waals surface area contributed by atoms with E-state index in [1.807, 2.05) is 4.90 Å². The number of amides is 3. The molecule has 1 fully saturated rings. The first-order valence-electron chi connectivity index (χ1n) is 10.9. The third-order valence-electron chi connectivity index (χ3n) is 6.25. The maximum absolute atomic E-state index is 14.8. The van der Waals surface area contributed by atoms with Crippen molar-refractivity contribution in [3.05, 3.63) is 53.3 Å². The Labute approximate surface area is 204 Å². The van der Waals surface area contributed by atoms with E-state index in [4.69, 9.17) is 16.3 Å². The van der Waals surface area contributed by atoms with Crippen molar-refractivity contribution < 1.29 is 33.5 Å². The van der Waals surface area contributed by atoms with Gasteiger partial charge in [0.1, 0.15) is 24.8 Å². The summed E-state index contributed by atoms with van der Waals surface area (Å²) in [5, 5.41) is 20.4. The standard InChI is InChI=1S/C24H20ClFN4O5/c1-2-18(33)28-6-8-29(9-7-28)23-14-10-15(25)19(20-16(26)4-3-5-17(20)32)22-21(14)30(24(34)27-23)13(11-31)12-35-22/h2-5,10,31H,1,6-9,11-12H2/p+1. The number of amidine groups is 1. The second-order valence-corrected chi connectivity index (χ2v) is 8.58. The number of hydrogen-bond donors (Lipinski definition) is 2. The summed E-state index contributed by atoms with van der Waals surface area (Å²) in [5.74, 6) is -0.792. The molecular formula is C24H21ClFN4O5+. The van der Waals surface area contributed by atoms with Crippen LogP contribution >= 0.6 is 11.6 Å². The minimum Gasteiger partial charge on any atom is -0.507 e. The van der Waals surface area contributed by atoms with Gasteiger partial charge in [-0.1, -0.05) is 24.2 Å². The first-order valence-corrected chi connectivity index (χ1v) is 11.3. The summed E-state index contributed by atoms with van der Waals surface area (Å²) in [5.41, 5.74) is 0.925. The number of aliphatic hydroxyl groups excluding tert-OH is 1. The van der Waals surface area contributed by atoms with Crippen LogP contribution in [0.25, 0.3) is 11.1 Å². The fourth-order valence-corrected chi connectivity index (χ4v) is 4.87. The van der Waals surface area contributed by atoms with Gasteiger partial charge in [0, 0.05) is 31.2 Å². The molecule has 0 unspecified atom stereocenters. The number of carbonyl (C=O) groups is 2. The fourth-order valence-electron chi connectivity index (χ4n) is 4.58. The lowest BCUT2D eigenvalue weighted by atomic mass is 9.96. The van der Waals surface area contributed by atoms with E-state index in [2.05, 4.69) is 11.6 Å². The summed E-state index contributed by atoms with van der Waals surface area (Å²) in [6.45, 7) is 4.54. The van der Waals surface area contributed by atoms with Crippen LogP contribution in [-0.4, -0.2) is 87.5 Å². The van der Waals surface area contributed by atoms with Crippen molar-refractivity contribution in [1.82, 2.24) is 9.80 Å². The van der Waals surface area contributed by atoms with Crippen molar-refractivity contribution in [2.24, 2.45) is 4.99 Å². The molecule has 2 aromatic rings. The third kappa shape index (κ3) is 3.65. The molecule has 5 rings (SSSR count). The monoisotopic (exact) mass is 499 g/mol. The molecular weight excluding hydrogens is 479 g/mol. The molecule has 9 nitrogen and oxygen atoms in total. The van der Waals surface area contributed by atoms with Crippen LogP contribution in [0.3, 0.4) is 0 Å². The molecule has 2 aromatic carbocycles. The fraction of sp³-hybridized carbons (Fsp3) is 0.250. The number of hydrogen-bond acceptors (Lipinski definition) is 6. The van der Waals surface area contributed by atoms with Gasteiger partial charge >= 0.3 is 6.03 Å². The Morgan fingerprint density at radius 3 is 2.69 bits per heavy atom. The Balaban J connectivity index is 1.68. The van der Waals surface area contributed by atoms with Gasteiger partial charge in [0.05, 0.1) is 21.7 Å². The average Bonchev–Trinajstić information content (AvgIpc) is 2.86. The van der Waals surface area contributed by atoms with Crippen LogP contribution in [0.5, 0.6) is 11.5 Å². The van der Waals surface area contributed by atoms with E-state index in [0.29, 0.717) is 37.6 Å². The Morgan fingerprint density at radius 1 is 1.29 bits per heavy atom. The molecule has 0 aromatic heterocycles. The van der Waals surface area contributed by atoms with Crippen molar-refractivity contribution in [2.45, 2.75) is 0 Å². The molecule has 0 aliphatic carbocycles. The number of ether oxygens (including phenoxy) is 1. The van der Waals surface area contributed by atoms with E-state index in [1.54, 1.807) is 11.0 Å². The van der Waals surface area contributed by atoms with Crippen LogP contribution in [0, 0.1) is 5.82 Å². The van der Waals surface area contributed by atoms with Gasteiger partial charge in [-0.05, 0) is 24.3 Å². The zero-order chi connectivity index (χ0) is 24.9. The highest BCUT2D eigenvalue weighted by Gasteiger charge is 2.44. The number of halogens is 2. The van der Waals surface area contributed by atoms with E-state index in [0.717, 1.165) is 0 Å². The lowest BCUT2D eigenvalue weighted by molar-refractivity contribution is -0.341. The molecule has 3 aliphatic rings. The molecule has 0 bridgehead atoms. The highest BCUT2D eigenvalue weighted by Crippen LogP contribution is 2.50. The van der Waals surface area contributed by atoms with Gasteiger partial charge in [-0.3, -0.25) is 4.79 Å². The summed E-state index contributed by atoms with van der Waals surface area (Å²) in [6, 6.07) is 4.78. The highest BCUT2D eigenvalue weighted by atomic mass is 35.5. The number of phenols is 1. The molecule has 0 atom stereocenters. The number of aliphatic imine (C=N–C) groups is 1. The minimum atomic E-state index is -0.714. The topological polar surface area (TPSA) is 106 Å². The van der Waals surface area contributed by atoms with Crippen LogP contribution in [-0.2, 0) is 4.79 Å². The largest absolute Gasteiger partial charge is 0.547 e. The van der Waals surface area contributed by atoms with Crippen LogP contribution in [0.2, 0.25) is 5.02 Å². The summed E-state index contributed by atoms with van der Waals surface area (Å²) >= 11 is 6.63. The summed E-state index contributed by atoms with van der Waals surface area (Å²) in [6.07, 6.45) is 1.26. The number of rotatable bonds is 3. The SMILES string of the molecule is C=CC(=O)N1CCN(C2=NC(=O)[N+]3=C(CO)COc4c(-c5c(O)cccc5F)c(Cl)cc2c43)CC1. The van der Waals surface area contributed by atoms with Gasteiger partial charge < -0.3 is 24.7 Å². The molecule has 0 spiro atoms. The summed E-state index contributed by atoms with van der Waals surface area (Å²) in [7, 11) is 0. The molecule has 0 radical (unpaired) electrons. The van der Waals surface area contributed by atoms with Gasteiger partial charge in [0.15, 0.2) is 17.1 Å².